The van der Waals surface area contributed by atoms with E-state index in [0.29, 0.717) is 5.13 Å². The molecule has 0 aliphatic rings. The number of thiazole rings is 1. The number of ether oxygens (including phenoxy) is 1. The number of carbonyl (C=O) groups is 1. The summed E-state index contributed by atoms with van der Waals surface area (Å²) in [6.07, 6.45) is 1.25. The molecule has 0 aliphatic heterocycles. The van der Waals surface area contributed by atoms with Gasteiger partial charge in [0.2, 0.25) is 0 Å². The van der Waals surface area contributed by atoms with Crippen LogP contribution in [0.1, 0.15) is 20.8 Å². The van der Waals surface area contributed by atoms with E-state index >= 15 is 0 Å². The van der Waals surface area contributed by atoms with Crippen LogP contribution in [0.25, 0.3) is 0 Å². The van der Waals surface area contributed by atoms with Crippen LogP contribution in [0.3, 0.4) is 0 Å². The summed E-state index contributed by atoms with van der Waals surface area (Å²) in [6.45, 7) is 5.49. The van der Waals surface area contributed by atoms with Gasteiger partial charge in [-0.3, -0.25) is 4.90 Å². The van der Waals surface area contributed by atoms with Crippen molar-refractivity contribution in [1.82, 2.24) is 4.98 Å². The second kappa shape index (κ2) is 4.49. The molecule has 84 valence electrons. The highest BCUT2D eigenvalue weighted by atomic mass is 79.9. The van der Waals surface area contributed by atoms with Crippen LogP contribution in [0.4, 0.5) is 9.93 Å². The highest BCUT2D eigenvalue weighted by Crippen LogP contribution is 2.26. The molecule has 1 heterocycles. The van der Waals surface area contributed by atoms with Gasteiger partial charge in [0.1, 0.15) is 5.60 Å². The molecule has 0 bridgehead atoms. The number of halogens is 1. The quantitative estimate of drug-likeness (QED) is 0.798. The Morgan fingerprint density at radius 1 is 1.60 bits per heavy atom. The number of aromatic nitrogens is 1. The van der Waals surface area contributed by atoms with E-state index < -0.39 is 11.7 Å². The molecule has 6 heteroatoms. The van der Waals surface area contributed by atoms with E-state index in [2.05, 4.69) is 20.9 Å². The normalized spacial score (nSPS) is 11.3. The van der Waals surface area contributed by atoms with Crippen molar-refractivity contribution in [3.63, 3.8) is 0 Å². The predicted molar refractivity (Wildman–Crippen MR) is 64.5 cm³/mol. The molecule has 15 heavy (non-hydrogen) atoms. The zero-order valence-electron chi connectivity index (χ0n) is 9.07. The summed E-state index contributed by atoms with van der Waals surface area (Å²) in [7, 11) is 1.64. The number of amides is 1. The van der Waals surface area contributed by atoms with Gasteiger partial charge in [0, 0.05) is 7.05 Å². The first-order valence-electron chi connectivity index (χ1n) is 4.37. The fourth-order valence-corrected chi connectivity index (χ4v) is 1.94. The highest BCUT2D eigenvalue weighted by molar-refractivity contribution is 9.11. The average Bonchev–Trinajstić information content (AvgIpc) is 2.47. The van der Waals surface area contributed by atoms with E-state index in [0.717, 1.165) is 3.79 Å². The maximum absolute atomic E-state index is 11.6. The third-order valence-corrected chi connectivity index (χ3v) is 2.97. The summed E-state index contributed by atoms with van der Waals surface area (Å²) in [5.74, 6) is 0. The highest BCUT2D eigenvalue weighted by Gasteiger charge is 2.22. The third-order valence-electron chi connectivity index (χ3n) is 1.42. The van der Waals surface area contributed by atoms with E-state index in [1.807, 2.05) is 20.8 Å². The summed E-state index contributed by atoms with van der Waals surface area (Å²) in [5, 5.41) is 0.608. The summed E-state index contributed by atoms with van der Waals surface area (Å²) >= 11 is 4.67. The summed E-state index contributed by atoms with van der Waals surface area (Å²) in [5.41, 5.74) is -0.486. The Labute approximate surface area is 101 Å². The van der Waals surface area contributed by atoms with Gasteiger partial charge in [0.05, 0.1) is 9.98 Å². The molecule has 0 atom stereocenters. The molecule has 1 aromatic heterocycles. The largest absolute Gasteiger partial charge is 0.443 e. The van der Waals surface area contributed by atoms with Crippen LogP contribution in [0, 0.1) is 0 Å². The lowest BCUT2D eigenvalue weighted by Gasteiger charge is -2.23. The van der Waals surface area contributed by atoms with Gasteiger partial charge in [-0.15, -0.1) is 0 Å². The Kier molecular flexibility index (Phi) is 3.72. The molecule has 0 saturated carbocycles. The zero-order chi connectivity index (χ0) is 11.6. The Hall–Kier alpha value is -0.620. The molecule has 0 unspecified atom stereocenters. The second-order valence-electron chi connectivity index (χ2n) is 3.99. The molecular formula is C9H13BrN2O2S. The monoisotopic (exact) mass is 292 g/mol. The van der Waals surface area contributed by atoms with Crippen LogP contribution in [-0.4, -0.2) is 23.7 Å². The van der Waals surface area contributed by atoms with Crippen molar-refractivity contribution < 1.29 is 9.53 Å². The average molecular weight is 293 g/mol. The van der Waals surface area contributed by atoms with Crippen LogP contribution in [0.2, 0.25) is 0 Å². The minimum absolute atomic E-state index is 0.399. The number of hydrogen-bond donors (Lipinski definition) is 0. The molecule has 0 radical (unpaired) electrons. The van der Waals surface area contributed by atoms with Crippen molar-refractivity contribution in [2.45, 2.75) is 26.4 Å². The molecule has 1 amide bonds. The number of rotatable bonds is 1. The van der Waals surface area contributed by atoms with E-state index in [4.69, 9.17) is 4.74 Å². The molecule has 4 nitrogen and oxygen atoms in total. The van der Waals surface area contributed by atoms with Crippen LogP contribution in [-0.2, 0) is 4.74 Å². The minimum atomic E-state index is -0.486. The van der Waals surface area contributed by atoms with Crippen molar-refractivity contribution in [3.8, 4) is 0 Å². The van der Waals surface area contributed by atoms with Gasteiger partial charge >= 0.3 is 6.09 Å². The van der Waals surface area contributed by atoms with Crippen molar-refractivity contribution in [2.24, 2.45) is 0 Å². The standard InChI is InChI=1S/C9H13BrN2O2S/c1-9(2,3)14-8(13)12(4)7-11-5-6(10)15-7/h5H,1-4H3. The van der Waals surface area contributed by atoms with E-state index in [1.54, 1.807) is 13.2 Å². The first-order chi connectivity index (χ1) is 6.79. The molecule has 0 N–H and O–H groups in total. The van der Waals surface area contributed by atoms with Crippen LogP contribution >= 0.6 is 27.3 Å². The number of hydrogen-bond acceptors (Lipinski definition) is 4. The van der Waals surface area contributed by atoms with Gasteiger partial charge in [0.25, 0.3) is 0 Å². The van der Waals surface area contributed by atoms with Gasteiger partial charge in [-0.1, -0.05) is 11.3 Å². The minimum Gasteiger partial charge on any atom is -0.443 e. The van der Waals surface area contributed by atoms with E-state index in [1.165, 1.54) is 16.2 Å². The fraction of sp³-hybridized carbons (Fsp3) is 0.556. The van der Waals surface area contributed by atoms with Gasteiger partial charge in [-0.25, -0.2) is 9.78 Å². The maximum atomic E-state index is 11.6. The van der Waals surface area contributed by atoms with Crippen molar-refractivity contribution in [1.29, 1.82) is 0 Å². The summed E-state index contributed by atoms with van der Waals surface area (Å²) in [6, 6.07) is 0. The van der Waals surface area contributed by atoms with Gasteiger partial charge in [-0.2, -0.15) is 0 Å². The molecule has 0 aromatic carbocycles. The molecule has 0 fully saturated rings. The molecule has 1 rings (SSSR count). The summed E-state index contributed by atoms with van der Waals surface area (Å²) in [4.78, 5) is 17.1. The Morgan fingerprint density at radius 3 is 2.60 bits per heavy atom. The lowest BCUT2D eigenvalue weighted by atomic mass is 10.2. The van der Waals surface area contributed by atoms with E-state index in [-0.39, 0.29) is 0 Å². The Morgan fingerprint density at radius 2 is 2.20 bits per heavy atom. The molecule has 1 aromatic rings. The van der Waals surface area contributed by atoms with Crippen molar-refractivity contribution >= 4 is 38.5 Å². The molecule has 0 spiro atoms. The topological polar surface area (TPSA) is 42.4 Å². The number of anilines is 1. The molecule has 0 saturated heterocycles. The zero-order valence-corrected chi connectivity index (χ0v) is 11.5. The fourth-order valence-electron chi connectivity index (χ4n) is 0.809. The van der Waals surface area contributed by atoms with Crippen LogP contribution < -0.4 is 4.90 Å². The Bertz CT molecular complexity index is 359. The first kappa shape index (κ1) is 12.4. The van der Waals surface area contributed by atoms with Crippen molar-refractivity contribution in [3.05, 3.63) is 9.98 Å². The van der Waals surface area contributed by atoms with Gasteiger partial charge in [0.15, 0.2) is 5.13 Å². The van der Waals surface area contributed by atoms with Crippen LogP contribution in [0.15, 0.2) is 9.98 Å². The summed E-state index contributed by atoms with van der Waals surface area (Å²) < 4.78 is 6.08. The van der Waals surface area contributed by atoms with E-state index in [9.17, 15) is 4.79 Å². The van der Waals surface area contributed by atoms with Gasteiger partial charge in [-0.05, 0) is 36.7 Å². The lowest BCUT2D eigenvalue weighted by Crippen LogP contribution is -2.34. The third kappa shape index (κ3) is 3.79. The van der Waals surface area contributed by atoms with Gasteiger partial charge < -0.3 is 4.74 Å². The SMILES string of the molecule is CN(C(=O)OC(C)(C)C)c1ncc(Br)s1. The number of nitrogens with zero attached hydrogens (tertiary/aromatic N) is 2. The predicted octanol–water partition coefficient (Wildman–Crippen LogP) is 3.28. The van der Waals surface area contributed by atoms with Crippen molar-refractivity contribution in [2.75, 3.05) is 11.9 Å². The second-order valence-corrected chi connectivity index (χ2v) is 6.37. The maximum Gasteiger partial charge on any atom is 0.416 e. The molecule has 0 aliphatic carbocycles. The smallest absolute Gasteiger partial charge is 0.416 e. The molecular weight excluding hydrogens is 280 g/mol. The van der Waals surface area contributed by atoms with Crippen LogP contribution in [0.5, 0.6) is 0 Å². The first-order valence-corrected chi connectivity index (χ1v) is 5.98. The Balaban J connectivity index is 2.69. The number of carbonyl (C=O) groups excluding carboxylic acids is 1. The lowest BCUT2D eigenvalue weighted by molar-refractivity contribution is 0.0589.